The molecule has 0 fully saturated rings. The first-order chi connectivity index (χ1) is 8.04. The molecule has 1 atom stereocenters. The Kier molecular flexibility index (Phi) is 6.14. The van der Waals surface area contributed by atoms with E-state index in [-0.39, 0.29) is 5.82 Å². The summed E-state index contributed by atoms with van der Waals surface area (Å²) in [6.45, 7) is 7.47. The Labute approximate surface area is 112 Å². The Morgan fingerprint density at radius 2 is 2.06 bits per heavy atom. The summed E-state index contributed by atoms with van der Waals surface area (Å²) >= 11 is 3.39. The molecule has 0 aromatic heterocycles. The van der Waals surface area contributed by atoms with Gasteiger partial charge in [0.1, 0.15) is 5.82 Å². The van der Waals surface area contributed by atoms with Crippen molar-refractivity contribution in [1.29, 1.82) is 0 Å². The predicted molar refractivity (Wildman–Crippen MR) is 74.7 cm³/mol. The summed E-state index contributed by atoms with van der Waals surface area (Å²) in [5.41, 5.74) is 0.779. The van der Waals surface area contributed by atoms with Gasteiger partial charge < -0.3 is 5.32 Å². The molecule has 1 unspecified atom stereocenters. The first-order valence-electron chi connectivity index (χ1n) is 6.22. The van der Waals surface area contributed by atoms with E-state index in [0.29, 0.717) is 12.0 Å². The Hall–Kier alpha value is -0.410. The quantitative estimate of drug-likeness (QED) is 0.832. The zero-order valence-corrected chi connectivity index (χ0v) is 12.3. The minimum Gasteiger partial charge on any atom is -0.313 e. The van der Waals surface area contributed by atoms with E-state index in [1.807, 2.05) is 6.07 Å². The summed E-state index contributed by atoms with van der Waals surface area (Å²) < 4.78 is 14.6. The maximum atomic E-state index is 13.7. The van der Waals surface area contributed by atoms with Crippen LogP contribution in [0.25, 0.3) is 0 Å². The molecule has 0 bridgehead atoms. The van der Waals surface area contributed by atoms with Gasteiger partial charge in [0.2, 0.25) is 0 Å². The van der Waals surface area contributed by atoms with Crippen LogP contribution in [0, 0.1) is 11.7 Å². The molecule has 0 aliphatic carbocycles. The summed E-state index contributed by atoms with van der Waals surface area (Å²) in [5, 5.41) is 3.48. The fourth-order valence-corrected chi connectivity index (χ4v) is 2.22. The van der Waals surface area contributed by atoms with E-state index in [0.717, 1.165) is 29.4 Å². The van der Waals surface area contributed by atoms with Crippen molar-refractivity contribution in [2.45, 2.75) is 39.7 Å². The van der Waals surface area contributed by atoms with Crippen LogP contribution in [0.15, 0.2) is 22.7 Å². The molecule has 3 heteroatoms. The number of hydrogen-bond donors (Lipinski definition) is 1. The van der Waals surface area contributed by atoms with Crippen molar-refractivity contribution in [1.82, 2.24) is 5.32 Å². The first-order valence-corrected chi connectivity index (χ1v) is 7.01. The molecule has 0 saturated carbocycles. The minimum atomic E-state index is -0.114. The van der Waals surface area contributed by atoms with Crippen LogP contribution in [0.3, 0.4) is 0 Å². The van der Waals surface area contributed by atoms with Crippen LogP contribution in [0.5, 0.6) is 0 Å². The van der Waals surface area contributed by atoms with Crippen LogP contribution in [0.4, 0.5) is 4.39 Å². The van der Waals surface area contributed by atoms with E-state index in [4.69, 9.17) is 0 Å². The molecular weight excluding hydrogens is 281 g/mol. The molecule has 0 amide bonds. The smallest absolute Gasteiger partial charge is 0.126 e. The van der Waals surface area contributed by atoms with Crippen molar-refractivity contribution in [2.24, 2.45) is 5.92 Å². The highest BCUT2D eigenvalue weighted by atomic mass is 79.9. The standard InChI is InChI=1S/C14H21BrFN/c1-4-7-17-14(10(2)3)9-11-8-12(15)5-6-13(11)16/h5-6,8,10,14,17H,4,7,9H2,1-3H3. The number of rotatable bonds is 6. The molecule has 96 valence electrons. The van der Waals surface area contributed by atoms with Gasteiger partial charge in [0.15, 0.2) is 0 Å². The summed E-state index contributed by atoms with van der Waals surface area (Å²) in [7, 11) is 0. The van der Waals surface area contributed by atoms with E-state index in [9.17, 15) is 4.39 Å². The van der Waals surface area contributed by atoms with Crippen LogP contribution < -0.4 is 5.32 Å². The fourth-order valence-electron chi connectivity index (χ4n) is 1.81. The van der Waals surface area contributed by atoms with E-state index < -0.39 is 0 Å². The molecule has 1 aromatic rings. The summed E-state index contributed by atoms with van der Waals surface area (Å²) in [4.78, 5) is 0. The SMILES string of the molecule is CCCNC(Cc1cc(Br)ccc1F)C(C)C. The summed E-state index contributed by atoms with van der Waals surface area (Å²) in [5.74, 6) is 0.386. The average Bonchev–Trinajstić information content (AvgIpc) is 2.28. The third kappa shape index (κ3) is 4.76. The van der Waals surface area contributed by atoms with E-state index in [1.54, 1.807) is 6.07 Å². The molecule has 17 heavy (non-hydrogen) atoms. The highest BCUT2D eigenvalue weighted by molar-refractivity contribution is 9.10. The van der Waals surface area contributed by atoms with Crippen LogP contribution in [0.1, 0.15) is 32.8 Å². The molecule has 0 heterocycles. The molecular formula is C14H21BrFN. The lowest BCUT2D eigenvalue weighted by molar-refractivity contribution is 0.392. The van der Waals surface area contributed by atoms with Gasteiger partial charge in [0, 0.05) is 10.5 Å². The summed E-state index contributed by atoms with van der Waals surface area (Å²) in [6.07, 6.45) is 1.84. The molecule has 0 spiro atoms. The minimum absolute atomic E-state index is 0.114. The van der Waals surface area contributed by atoms with E-state index in [1.165, 1.54) is 6.07 Å². The van der Waals surface area contributed by atoms with Crippen molar-refractivity contribution in [2.75, 3.05) is 6.54 Å². The van der Waals surface area contributed by atoms with Gasteiger partial charge in [-0.2, -0.15) is 0 Å². The van der Waals surface area contributed by atoms with Gasteiger partial charge >= 0.3 is 0 Å². The number of halogens is 2. The lowest BCUT2D eigenvalue weighted by Crippen LogP contribution is -2.36. The molecule has 1 rings (SSSR count). The Balaban J connectivity index is 2.74. The molecule has 1 nitrogen and oxygen atoms in total. The van der Waals surface area contributed by atoms with Gasteiger partial charge in [-0.3, -0.25) is 0 Å². The average molecular weight is 302 g/mol. The van der Waals surface area contributed by atoms with Crippen molar-refractivity contribution >= 4 is 15.9 Å². The van der Waals surface area contributed by atoms with Gasteiger partial charge in [-0.25, -0.2) is 4.39 Å². The molecule has 0 radical (unpaired) electrons. The zero-order valence-electron chi connectivity index (χ0n) is 10.8. The molecule has 1 aromatic carbocycles. The lowest BCUT2D eigenvalue weighted by atomic mass is 9.96. The Bertz CT molecular complexity index is 352. The Morgan fingerprint density at radius 3 is 2.65 bits per heavy atom. The van der Waals surface area contributed by atoms with Crippen LogP contribution in [-0.4, -0.2) is 12.6 Å². The number of hydrogen-bond acceptors (Lipinski definition) is 1. The zero-order chi connectivity index (χ0) is 12.8. The third-order valence-corrected chi connectivity index (χ3v) is 3.40. The van der Waals surface area contributed by atoms with E-state index >= 15 is 0 Å². The van der Waals surface area contributed by atoms with Crippen molar-refractivity contribution < 1.29 is 4.39 Å². The monoisotopic (exact) mass is 301 g/mol. The Morgan fingerprint density at radius 1 is 1.35 bits per heavy atom. The summed E-state index contributed by atoms with van der Waals surface area (Å²) in [6, 6.07) is 5.47. The third-order valence-electron chi connectivity index (χ3n) is 2.91. The molecule has 1 N–H and O–H groups in total. The molecule has 0 aliphatic rings. The van der Waals surface area contributed by atoms with Crippen molar-refractivity contribution in [3.63, 3.8) is 0 Å². The lowest BCUT2D eigenvalue weighted by Gasteiger charge is -2.22. The van der Waals surface area contributed by atoms with E-state index in [2.05, 4.69) is 42.0 Å². The predicted octanol–water partition coefficient (Wildman–Crippen LogP) is 4.15. The molecule has 0 aliphatic heterocycles. The highest BCUT2D eigenvalue weighted by Crippen LogP contribution is 2.19. The molecule has 0 saturated heterocycles. The van der Waals surface area contributed by atoms with Gasteiger partial charge in [0.05, 0.1) is 0 Å². The van der Waals surface area contributed by atoms with Gasteiger partial charge in [0.25, 0.3) is 0 Å². The number of benzene rings is 1. The van der Waals surface area contributed by atoms with Gasteiger partial charge in [-0.1, -0.05) is 36.7 Å². The largest absolute Gasteiger partial charge is 0.313 e. The first kappa shape index (κ1) is 14.7. The maximum Gasteiger partial charge on any atom is 0.126 e. The topological polar surface area (TPSA) is 12.0 Å². The second kappa shape index (κ2) is 7.12. The second-order valence-corrected chi connectivity index (χ2v) is 5.66. The van der Waals surface area contributed by atoms with Crippen molar-refractivity contribution in [3.05, 3.63) is 34.1 Å². The fraction of sp³-hybridized carbons (Fsp3) is 0.571. The van der Waals surface area contributed by atoms with Gasteiger partial charge in [-0.05, 0) is 49.1 Å². The van der Waals surface area contributed by atoms with Crippen LogP contribution >= 0.6 is 15.9 Å². The normalized spacial score (nSPS) is 13.1. The van der Waals surface area contributed by atoms with Crippen molar-refractivity contribution in [3.8, 4) is 0 Å². The van der Waals surface area contributed by atoms with Crippen LogP contribution in [0.2, 0.25) is 0 Å². The van der Waals surface area contributed by atoms with Gasteiger partial charge in [-0.15, -0.1) is 0 Å². The highest BCUT2D eigenvalue weighted by Gasteiger charge is 2.15. The second-order valence-electron chi connectivity index (χ2n) is 4.74. The van der Waals surface area contributed by atoms with Crippen LogP contribution in [-0.2, 0) is 6.42 Å². The maximum absolute atomic E-state index is 13.7. The number of nitrogens with one attached hydrogen (secondary N) is 1.